The number of rotatable bonds is 6. The van der Waals surface area contributed by atoms with Crippen LogP contribution in [-0.4, -0.2) is 23.0 Å². The van der Waals surface area contributed by atoms with Gasteiger partial charge in [-0.3, -0.25) is 4.98 Å². The Bertz CT molecular complexity index is 1100. The summed E-state index contributed by atoms with van der Waals surface area (Å²) < 4.78 is 5.91. The molecule has 1 unspecified atom stereocenters. The average molecular weight is 433 g/mol. The number of aryl methyl sites for hydroxylation is 2. The van der Waals surface area contributed by atoms with Gasteiger partial charge in [0.2, 0.25) is 5.90 Å². The average Bonchev–Trinajstić information content (AvgIpc) is 3.13. The van der Waals surface area contributed by atoms with Gasteiger partial charge in [0.1, 0.15) is 6.61 Å². The fourth-order valence-corrected chi connectivity index (χ4v) is 4.55. The number of aromatic nitrogens is 1. The van der Waals surface area contributed by atoms with Gasteiger partial charge in [-0.2, -0.15) is 0 Å². The van der Waals surface area contributed by atoms with Crippen molar-refractivity contribution in [3.63, 3.8) is 0 Å². The molecular formula is C27H29ClN2O. The lowest BCUT2D eigenvalue weighted by atomic mass is 9.93. The molecule has 1 aliphatic heterocycles. The highest BCUT2D eigenvalue weighted by Crippen LogP contribution is 2.35. The van der Waals surface area contributed by atoms with Crippen LogP contribution in [0.4, 0.5) is 0 Å². The molecule has 0 spiro atoms. The van der Waals surface area contributed by atoms with Crippen LogP contribution in [0.1, 0.15) is 60.5 Å². The van der Waals surface area contributed by atoms with E-state index in [9.17, 15) is 0 Å². The summed E-state index contributed by atoms with van der Waals surface area (Å²) in [6, 6.07) is 18.9. The third-order valence-corrected chi connectivity index (χ3v) is 6.16. The molecule has 160 valence electrons. The Hall–Kier alpha value is -2.65. The second-order valence-corrected chi connectivity index (χ2v) is 9.20. The van der Waals surface area contributed by atoms with E-state index in [1.165, 1.54) is 5.56 Å². The molecule has 2 aromatic carbocycles. The second-order valence-electron chi connectivity index (χ2n) is 8.77. The van der Waals surface area contributed by atoms with Crippen LogP contribution in [0.5, 0.6) is 0 Å². The maximum atomic E-state index is 6.96. The lowest BCUT2D eigenvalue weighted by molar-refractivity contribution is 0.279. The Balaban J connectivity index is 1.67. The molecule has 2 heterocycles. The Morgan fingerprint density at radius 2 is 1.74 bits per heavy atom. The number of alkyl halides is 1. The van der Waals surface area contributed by atoms with Crippen LogP contribution in [-0.2, 0) is 11.2 Å². The summed E-state index contributed by atoms with van der Waals surface area (Å²) in [7, 11) is 0. The van der Waals surface area contributed by atoms with Gasteiger partial charge in [0, 0.05) is 17.5 Å². The van der Waals surface area contributed by atoms with E-state index in [2.05, 4.69) is 68.2 Å². The quantitative estimate of drug-likeness (QED) is 0.397. The maximum absolute atomic E-state index is 6.96. The standard InChI is InChI=1S/C27H29ClN2O/c1-5-8-20-15-16-29-18(2)24(20)25(28)21-13-11-19(12-14-21)22-9-6-7-10-23(22)26-30-27(3,4)17-31-26/h6-7,9-16,25H,5,8,17H2,1-4H3. The van der Waals surface area contributed by atoms with Gasteiger partial charge < -0.3 is 4.74 Å². The Labute approximate surface area is 190 Å². The number of aliphatic imine (C=N–C) groups is 1. The van der Waals surface area contributed by atoms with Crippen molar-refractivity contribution in [1.29, 1.82) is 0 Å². The van der Waals surface area contributed by atoms with Crippen molar-refractivity contribution < 1.29 is 4.74 Å². The van der Waals surface area contributed by atoms with Gasteiger partial charge in [-0.15, -0.1) is 11.6 Å². The lowest BCUT2D eigenvalue weighted by Crippen LogP contribution is -2.17. The third kappa shape index (κ3) is 4.52. The second kappa shape index (κ2) is 8.84. The zero-order chi connectivity index (χ0) is 22.0. The zero-order valence-electron chi connectivity index (χ0n) is 18.7. The Morgan fingerprint density at radius 1 is 1.03 bits per heavy atom. The molecule has 0 aliphatic carbocycles. The van der Waals surface area contributed by atoms with Crippen molar-refractivity contribution >= 4 is 17.5 Å². The highest BCUT2D eigenvalue weighted by Gasteiger charge is 2.28. The first-order chi connectivity index (χ1) is 14.9. The van der Waals surface area contributed by atoms with Crippen LogP contribution in [0.2, 0.25) is 0 Å². The van der Waals surface area contributed by atoms with E-state index in [0.717, 1.165) is 52.3 Å². The van der Waals surface area contributed by atoms with Gasteiger partial charge in [-0.25, -0.2) is 4.99 Å². The van der Waals surface area contributed by atoms with Gasteiger partial charge >= 0.3 is 0 Å². The number of hydrogen-bond donors (Lipinski definition) is 0. The normalized spacial score (nSPS) is 16.0. The van der Waals surface area contributed by atoms with Crippen molar-refractivity contribution in [2.24, 2.45) is 4.99 Å². The minimum Gasteiger partial charge on any atom is -0.475 e. The maximum Gasteiger partial charge on any atom is 0.217 e. The van der Waals surface area contributed by atoms with Gasteiger partial charge in [0.25, 0.3) is 0 Å². The zero-order valence-corrected chi connectivity index (χ0v) is 19.4. The summed E-state index contributed by atoms with van der Waals surface area (Å²) in [6.45, 7) is 9.01. The van der Waals surface area contributed by atoms with Crippen molar-refractivity contribution in [3.8, 4) is 11.1 Å². The summed E-state index contributed by atoms with van der Waals surface area (Å²) in [6.07, 6.45) is 3.97. The number of benzene rings is 2. The van der Waals surface area contributed by atoms with E-state index in [0.29, 0.717) is 6.61 Å². The Morgan fingerprint density at radius 3 is 2.39 bits per heavy atom. The smallest absolute Gasteiger partial charge is 0.217 e. The van der Waals surface area contributed by atoms with Crippen molar-refractivity contribution in [2.45, 2.75) is 51.5 Å². The van der Waals surface area contributed by atoms with Crippen LogP contribution in [0, 0.1) is 6.92 Å². The van der Waals surface area contributed by atoms with E-state index in [4.69, 9.17) is 21.3 Å². The summed E-state index contributed by atoms with van der Waals surface area (Å²) in [5, 5.41) is -0.220. The van der Waals surface area contributed by atoms with Gasteiger partial charge in [-0.1, -0.05) is 55.8 Å². The highest BCUT2D eigenvalue weighted by molar-refractivity contribution is 6.22. The van der Waals surface area contributed by atoms with E-state index in [1.807, 2.05) is 25.3 Å². The van der Waals surface area contributed by atoms with Crippen LogP contribution < -0.4 is 0 Å². The number of pyridine rings is 1. The van der Waals surface area contributed by atoms with Gasteiger partial charge in [0.05, 0.1) is 10.9 Å². The molecule has 0 N–H and O–H groups in total. The molecule has 0 radical (unpaired) electrons. The minimum absolute atomic E-state index is 0.185. The predicted molar refractivity (Wildman–Crippen MR) is 129 cm³/mol. The van der Waals surface area contributed by atoms with Crippen LogP contribution in [0.3, 0.4) is 0 Å². The minimum atomic E-state index is -0.220. The summed E-state index contributed by atoms with van der Waals surface area (Å²) in [5.74, 6) is 0.718. The van der Waals surface area contributed by atoms with E-state index in [1.54, 1.807) is 0 Å². The largest absolute Gasteiger partial charge is 0.475 e. The van der Waals surface area contributed by atoms with Crippen molar-refractivity contribution in [3.05, 3.63) is 88.7 Å². The fourth-order valence-electron chi connectivity index (χ4n) is 4.11. The molecule has 0 fully saturated rings. The molecule has 1 aliphatic rings. The number of nitrogens with zero attached hydrogens (tertiary/aromatic N) is 2. The molecule has 4 rings (SSSR count). The van der Waals surface area contributed by atoms with Gasteiger partial charge in [-0.05, 0) is 67.1 Å². The summed E-state index contributed by atoms with van der Waals surface area (Å²) in [5.41, 5.74) is 7.56. The van der Waals surface area contributed by atoms with Crippen molar-refractivity contribution in [1.82, 2.24) is 4.98 Å². The SMILES string of the molecule is CCCc1ccnc(C)c1C(Cl)c1ccc(-c2ccccc2C2=NC(C)(C)CO2)cc1. The molecule has 3 aromatic rings. The molecule has 0 amide bonds. The number of ether oxygens (including phenoxy) is 1. The van der Waals surface area contributed by atoms with Crippen LogP contribution >= 0.6 is 11.6 Å². The predicted octanol–water partition coefficient (Wildman–Crippen LogP) is 6.89. The first kappa shape index (κ1) is 21.6. The van der Waals surface area contributed by atoms with E-state index < -0.39 is 0 Å². The molecule has 4 heteroatoms. The molecule has 1 aromatic heterocycles. The van der Waals surface area contributed by atoms with E-state index in [-0.39, 0.29) is 10.9 Å². The monoisotopic (exact) mass is 432 g/mol. The first-order valence-corrected chi connectivity index (χ1v) is 11.3. The molecule has 1 atom stereocenters. The topological polar surface area (TPSA) is 34.5 Å². The fraction of sp³-hybridized carbons (Fsp3) is 0.333. The molecule has 0 saturated carbocycles. The van der Waals surface area contributed by atoms with Crippen LogP contribution in [0.15, 0.2) is 65.8 Å². The van der Waals surface area contributed by atoms with Crippen molar-refractivity contribution in [2.75, 3.05) is 6.61 Å². The third-order valence-electron chi connectivity index (χ3n) is 5.69. The van der Waals surface area contributed by atoms with Crippen LogP contribution in [0.25, 0.3) is 11.1 Å². The molecule has 31 heavy (non-hydrogen) atoms. The lowest BCUT2D eigenvalue weighted by Gasteiger charge is -2.18. The summed E-state index contributed by atoms with van der Waals surface area (Å²) >= 11 is 6.96. The highest BCUT2D eigenvalue weighted by atomic mass is 35.5. The van der Waals surface area contributed by atoms with Gasteiger partial charge in [0.15, 0.2) is 0 Å². The molecule has 3 nitrogen and oxygen atoms in total. The Kier molecular flexibility index (Phi) is 6.15. The number of hydrogen-bond acceptors (Lipinski definition) is 3. The molecule has 0 saturated heterocycles. The van der Waals surface area contributed by atoms with E-state index >= 15 is 0 Å². The summed E-state index contributed by atoms with van der Waals surface area (Å²) in [4.78, 5) is 9.26. The molecular weight excluding hydrogens is 404 g/mol. The number of halogens is 1. The molecule has 0 bridgehead atoms. The first-order valence-electron chi connectivity index (χ1n) is 10.9.